The molecular formula is C28H34N2O7. The number of rotatable bonds is 11. The molecule has 0 aliphatic heterocycles. The van der Waals surface area contributed by atoms with Crippen molar-refractivity contribution in [2.45, 2.75) is 63.8 Å². The van der Waals surface area contributed by atoms with Gasteiger partial charge in [-0.15, -0.1) is 0 Å². The lowest BCUT2D eigenvalue weighted by molar-refractivity contribution is -0.148. The van der Waals surface area contributed by atoms with Crippen LogP contribution in [0.5, 0.6) is 0 Å². The van der Waals surface area contributed by atoms with Crippen LogP contribution in [0, 0.1) is 5.92 Å². The number of esters is 2. The van der Waals surface area contributed by atoms with Crippen molar-refractivity contribution in [2.75, 3.05) is 7.11 Å². The first-order chi connectivity index (χ1) is 18.0. The summed E-state index contributed by atoms with van der Waals surface area (Å²) in [6.07, 6.45) is 3.22. The summed E-state index contributed by atoms with van der Waals surface area (Å²) < 4.78 is 15.5. The van der Waals surface area contributed by atoms with Gasteiger partial charge in [0.2, 0.25) is 5.91 Å². The van der Waals surface area contributed by atoms with E-state index in [9.17, 15) is 19.2 Å². The number of methoxy groups -OCH3 is 1. The van der Waals surface area contributed by atoms with E-state index in [-0.39, 0.29) is 19.1 Å². The number of hydrogen-bond donors (Lipinski definition) is 2. The fourth-order valence-corrected chi connectivity index (χ4v) is 4.30. The SMILES string of the molecule is COC(=O)[C@@H](NC(=O)[C@H](CC(=O)OCc1ccccc1)NC(=O)OCc1ccccc1)C1CCCCC1. The highest BCUT2D eigenvalue weighted by Crippen LogP contribution is 2.27. The molecule has 2 amide bonds. The molecule has 0 aromatic heterocycles. The Labute approximate surface area is 216 Å². The molecule has 0 bridgehead atoms. The molecule has 1 fully saturated rings. The Morgan fingerprint density at radius 3 is 1.95 bits per heavy atom. The molecule has 1 aliphatic rings. The number of nitrogens with one attached hydrogen (secondary N) is 2. The average molecular weight is 511 g/mol. The Kier molecular flexibility index (Phi) is 10.9. The molecule has 3 rings (SSSR count). The van der Waals surface area contributed by atoms with E-state index in [1.54, 1.807) is 12.1 Å². The third-order valence-electron chi connectivity index (χ3n) is 6.31. The van der Waals surface area contributed by atoms with Crippen molar-refractivity contribution in [1.82, 2.24) is 10.6 Å². The number of benzene rings is 2. The molecule has 0 unspecified atom stereocenters. The number of carbonyl (C=O) groups is 4. The minimum Gasteiger partial charge on any atom is -0.467 e. The van der Waals surface area contributed by atoms with Crippen molar-refractivity contribution < 1.29 is 33.4 Å². The number of alkyl carbamates (subject to hydrolysis) is 1. The van der Waals surface area contributed by atoms with Crippen LogP contribution in [0.15, 0.2) is 60.7 Å². The Balaban J connectivity index is 1.66. The van der Waals surface area contributed by atoms with Crippen molar-refractivity contribution in [2.24, 2.45) is 5.92 Å². The van der Waals surface area contributed by atoms with Crippen LogP contribution in [-0.4, -0.2) is 43.1 Å². The van der Waals surface area contributed by atoms with E-state index in [1.807, 2.05) is 48.5 Å². The second kappa shape index (κ2) is 14.6. The fraction of sp³-hybridized carbons (Fsp3) is 0.429. The summed E-state index contributed by atoms with van der Waals surface area (Å²) in [6, 6.07) is 16.0. The van der Waals surface area contributed by atoms with Crippen molar-refractivity contribution in [1.29, 1.82) is 0 Å². The molecule has 9 heteroatoms. The summed E-state index contributed by atoms with van der Waals surface area (Å²) in [6.45, 7) is 0.0195. The molecule has 2 N–H and O–H groups in total. The zero-order valence-electron chi connectivity index (χ0n) is 21.0. The van der Waals surface area contributed by atoms with Gasteiger partial charge in [0.25, 0.3) is 0 Å². The second-order valence-electron chi connectivity index (χ2n) is 9.02. The van der Waals surface area contributed by atoms with Crippen LogP contribution >= 0.6 is 0 Å². The van der Waals surface area contributed by atoms with Crippen LogP contribution in [0.4, 0.5) is 4.79 Å². The monoisotopic (exact) mass is 510 g/mol. The average Bonchev–Trinajstić information content (AvgIpc) is 2.94. The summed E-state index contributed by atoms with van der Waals surface area (Å²) >= 11 is 0. The van der Waals surface area contributed by atoms with E-state index in [0.29, 0.717) is 0 Å². The Morgan fingerprint density at radius 1 is 0.811 bits per heavy atom. The van der Waals surface area contributed by atoms with E-state index in [4.69, 9.17) is 14.2 Å². The lowest BCUT2D eigenvalue weighted by Gasteiger charge is -2.30. The van der Waals surface area contributed by atoms with Crippen LogP contribution in [-0.2, 0) is 41.8 Å². The molecule has 2 atom stereocenters. The summed E-state index contributed by atoms with van der Waals surface area (Å²) in [5, 5.41) is 5.16. The van der Waals surface area contributed by atoms with E-state index in [1.165, 1.54) is 7.11 Å². The van der Waals surface area contributed by atoms with Crippen LogP contribution in [0.2, 0.25) is 0 Å². The van der Waals surface area contributed by atoms with E-state index in [0.717, 1.165) is 43.2 Å². The minimum atomic E-state index is -1.30. The van der Waals surface area contributed by atoms with E-state index >= 15 is 0 Å². The number of hydrogen-bond acceptors (Lipinski definition) is 7. The highest BCUT2D eigenvalue weighted by atomic mass is 16.6. The molecule has 0 heterocycles. The molecule has 2 aromatic rings. The first kappa shape index (κ1) is 27.7. The van der Waals surface area contributed by atoms with Gasteiger partial charge in [-0.3, -0.25) is 9.59 Å². The lowest BCUT2D eigenvalue weighted by Crippen LogP contribution is -2.55. The van der Waals surface area contributed by atoms with Crippen LogP contribution in [0.1, 0.15) is 49.7 Å². The Hall–Kier alpha value is -3.88. The van der Waals surface area contributed by atoms with Gasteiger partial charge < -0.3 is 24.8 Å². The van der Waals surface area contributed by atoms with Gasteiger partial charge in [-0.25, -0.2) is 9.59 Å². The summed E-state index contributed by atoms with van der Waals surface area (Å²) in [7, 11) is 1.27. The largest absolute Gasteiger partial charge is 0.467 e. The highest BCUT2D eigenvalue weighted by Gasteiger charge is 2.35. The van der Waals surface area contributed by atoms with Crippen LogP contribution < -0.4 is 10.6 Å². The predicted octanol–water partition coefficient (Wildman–Crippen LogP) is 3.65. The summed E-state index contributed by atoms with van der Waals surface area (Å²) in [5.74, 6) is -2.01. The summed E-state index contributed by atoms with van der Waals surface area (Å²) in [4.78, 5) is 50.8. The minimum absolute atomic E-state index is 0.00761. The predicted molar refractivity (Wildman–Crippen MR) is 135 cm³/mol. The Bertz CT molecular complexity index is 966. The maximum absolute atomic E-state index is 13.2. The maximum Gasteiger partial charge on any atom is 0.408 e. The standard InChI is InChI=1S/C28H34N2O7/c1-35-27(33)25(22-15-9-4-10-16-22)30-26(32)23(17-24(31)36-18-20-11-5-2-6-12-20)29-28(34)37-19-21-13-7-3-8-14-21/h2-3,5-8,11-14,22-23,25H,4,9-10,15-19H2,1H3,(H,29,34)(H,30,32)/t23-,25-/m0/s1. The normalized spacial score (nSPS) is 15.1. The van der Waals surface area contributed by atoms with Gasteiger partial charge in [0.15, 0.2) is 0 Å². The lowest BCUT2D eigenvalue weighted by atomic mass is 9.83. The van der Waals surface area contributed by atoms with Crippen molar-refractivity contribution in [3.63, 3.8) is 0 Å². The zero-order chi connectivity index (χ0) is 26.5. The fourth-order valence-electron chi connectivity index (χ4n) is 4.30. The van der Waals surface area contributed by atoms with Gasteiger partial charge in [-0.2, -0.15) is 0 Å². The van der Waals surface area contributed by atoms with Crippen molar-refractivity contribution in [3.05, 3.63) is 71.8 Å². The van der Waals surface area contributed by atoms with Gasteiger partial charge in [0.1, 0.15) is 25.3 Å². The third kappa shape index (κ3) is 9.25. The molecule has 9 nitrogen and oxygen atoms in total. The molecule has 2 aromatic carbocycles. The summed E-state index contributed by atoms with van der Waals surface area (Å²) in [5.41, 5.74) is 1.55. The number of carbonyl (C=O) groups excluding carboxylic acids is 4. The first-order valence-electron chi connectivity index (χ1n) is 12.5. The van der Waals surface area contributed by atoms with Gasteiger partial charge in [-0.1, -0.05) is 79.9 Å². The molecular weight excluding hydrogens is 476 g/mol. The molecule has 0 spiro atoms. The smallest absolute Gasteiger partial charge is 0.408 e. The molecule has 1 aliphatic carbocycles. The molecule has 198 valence electrons. The van der Waals surface area contributed by atoms with Gasteiger partial charge in [0.05, 0.1) is 13.5 Å². The molecule has 0 radical (unpaired) electrons. The maximum atomic E-state index is 13.2. The van der Waals surface area contributed by atoms with Gasteiger partial charge >= 0.3 is 18.0 Å². The van der Waals surface area contributed by atoms with Crippen molar-refractivity contribution >= 4 is 23.9 Å². The first-order valence-corrected chi connectivity index (χ1v) is 12.5. The zero-order valence-corrected chi connectivity index (χ0v) is 21.0. The highest BCUT2D eigenvalue weighted by molar-refractivity contribution is 5.92. The van der Waals surface area contributed by atoms with E-state index in [2.05, 4.69) is 10.6 Å². The number of ether oxygens (including phenoxy) is 3. The topological polar surface area (TPSA) is 120 Å². The molecule has 37 heavy (non-hydrogen) atoms. The van der Waals surface area contributed by atoms with Crippen LogP contribution in [0.25, 0.3) is 0 Å². The molecule has 0 saturated heterocycles. The Morgan fingerprint density at radius 2 is 1.38 bits per heavy atom. The molecule has 1 saturated carbocycles. The van der Waals surface area contributed by atoms with Gasteiger partial charge in [-0.05, 0) is 29.9 Å². The second-order valence-corrected chi connectivity index (χ2v) is 9.02. The third-order valence-corrected chi connectivity index (χ3v) is 6.31. The van der Waals surface area contributed by atoms with Crippen molar-refractivity contribution in [3.8, 4) is 0 Å². The van der Waals surface area contributed by atoms with Crippen LogP contribution in [0.3, 0.4) is 0 Å². The van der Waals surface area contributed by atoms with Gasteiger partial charge in [0, 0.05) is 0 Å². The number of amides is 2. The quantitative estimate of drug-likeness (QED) is 0.350. The van der Waals surface area contributed by atoms with E-state index < -0.39 is 42.4 Å².